The van der Waals surface area contributed by atoms with E-state index in [0.717, 1.165) is 22.5 Å². The smallest absolute Gasteiger partial charge is 0.265 e. The highest BCUT2D eigenvalue weighted by atomic mass is 32.1. The second-order valence-electron chi connectivity index (χ2n) is 9.88. The summed E-state index contributed by atoms with van der Waals surface area (Å²) in [5.74, 6) is 0.741. The van der Waals surface area contributed by atoms with Crippen LogP contribution in [0.4, 0.5) is 4.39 Å². The maximum absolute atomic E-state index is 13.4. The quantitative estimate of drug-likeness (QED) is 0.391. The van der Waals surface area contributed by atoms with Gasteiger partial charge in [0, 0.05) is 47.5 Å². The van der Waals surface area contributed by atoms with Gasteiger partial charge in [-0.3, -0.25) is 4.79 Å². The van der Waals surface area contributed by atoms with Crippen molar-refractivity contribution >= 4 is 28.8 Å². The van der Waals surface area contributed by atoms with Crippen molar-refractivity contribution in [3.8, 4) is 28.5 Å². The van der Waals surface area contributed by atoms with Crippen molar-refractivity contribution in [3.63, 3.8) is 0 Å². The minimum Gasteiger partial charge on any atom is -0.474 e. The number of halogens is 1. The molecular formula is C26H24FN5O2S2. The molecule has 1 amide bonds. The van der Waals surface area contributed by atoms with Gasteiger partial charge in [0.2, 0.25) is 5.88 Å². The predicted molar refractivity (Wildman–Crippen MR) is 137 cm³/mol. The molecule has 1 aliphatic heterocycles. The number of ether oxygens (including phenoxy) is 1. The van der Waals surface area contributed by atoms with E-state index >= 15 is 0 Å². The molecule has 0 spiro atoms. The summed E-state index contributed by atoms with van der Waals surface area (Å²) in [5, 5.41) is 1.92. The van der Waals surface area contributed by atoms with E-state index in [0.29, 0.717) is 29.5 Å². The second kappa shape index (κ2) is 8.72. The summed E-state index contributed by atoms with van der Waals surface area (Å²) in [6.07, 6.45) is 0.00535. The van der Waals surface area contributed by atoms with E-state index in [9.17, 15) is 9.18 Å². The monoisotopic (exact) mass is 521 g/mol. The van der Waals surface area contributed by atoms with E-state index in [2.05, 4.69) is 9.36 Å². The Bertz CT molecular complexity index is 1400. The zero-order valence-electron chi connectivity index (χ0n) is 19.7. The maximum atomic E-state index is 13.4. The zero-order valence-corrected chi connectivity index (χ0v) is 21.4. The molecule has 1 saturated heterocycles. The number of carbonyl (C=O) groups is 1. The molecule has 6 rings (SSSR count). The van der Waals surface area contributed by atoms with Crippen LogP contribution in [-0.2, 0) is 5.54 Å². The van der Waals surface area contributed by atoms with Crippen LogP contribution in [0, 0.1) is 17.7 Å². The van der Waals surface area contributed by atoms with Gasteiger partial charge >= 0.3 is 0 Å². The van der Waals surface area contributed by atoms with E-state index < -0.39 is 5.54 Å². The van der Waals surface area contributed by atoms with E-state index in [1.165, 1.54) is 35.0 Å². The highest BCUT2D eigenvalue weighted by Gasteiger charge is 2.59. The molecule has 2 atom stereocenters. The lowest BCUT2D eigenvalue weighted by Gasteiger charge is -2.22. The molecule has 7 nitrogen and oxygen atoms in total. The van der Waals surface area contributed by atoms with E-state index in [-0.39, 0.29) is 29.7 Å². The molecule has 184 valence electrons. The first-order valence-electron chi connectivity index (χ1n) is 11.6. The van der Waals surface area contributed by atoms with Crippen LogP contribution in [-0.4, -0.2) is 44.3 Å². The molecule has 0 radical (unpaired) electrons. The summed E-state index contributed by atoms with van der Waals surface area (Å²) >= 11 is 2.72. The summed E-state index contributed by atoms with van der Waals surface area (Å²) in [6.45, 7) is 5.14. The molecule has 2 fully saturated rings. The van der Waals surface area contributed by atoms with Crippen molar-refractivity contribution in [1.29, 1.82) is 0 Å². The van der Waals surface area contributed by atoms with E-state index in [1.807, 2.05) is 42.3 Å². The SMILES string of the molecule is CC(C)(N)c1cc(OC2C3CN(C(=O)c4cc(-c5cscn5)ns4)CC32)nc(-c2ccc(F)cc2)c1. The lowest BCUT2D eigenvalue weighted by atomic mass is 9.95. The maximum Gasteiger partial charge on any atom is 0.265 e. The number of rotatable bonds is 6. The number of fused-ring (bicyclic) bond motifs is 1. The number of nitrogens with two attached hydrogens (primary N) is 1. The normalized spacial score (nSPS) is 20.9. The number of carbonyl (C=O) groups excluding carboxylic acids is 1. The van der Waals surface area contributed by atoms with Gasteiger partial charge in [-0.25, -0.2) is 14.4 Å². The third-order valence-electron chi connectivity index (χ3n) is 6.76. The number of thiazole rings is 1. The Balaban J connectivity index is 1.15. The Morgan fingerprint density at radius 2 is 1.86 bits per heavy atom. The minimum atomic E-state index is -0.593. The van der Waals surface area contributed by atoms with E-state index in [4.69, 9.17) is 15.5 Å². The van der Waals surface area contributed by atoms with Gasteiger partial charge < -0.3 is 15.4 Å². The number of nitrogens with zero attached hydrogens (tertiary/aromatic N) is 4. The lowest BCUT2D eigenvalue weighted by molar-refractivity contribution is 0.0756. The van der Waals surface area contributed by atoms with Gasteiger partial charge in [-0.1, -0.05) is 0 Å². The van der Waals surface area contributed by atoms with Crippen LogP contribution in [0.3, 0.4) is 0 Å². The van der Waals surface area contributed by atoms with Gasteiger partial charge in [-0.2, -0.15) is 4.37 Å². The third-order valence-corrected chi connectivity index (χ3v) is 8.12. The van der Waals surface area contributed by atoms with Crippen LogP contribution in [0.15, 0.2) is 53.4 Å². The van der Waals surface area contributed by atoms with Gasteiger partial charge in [0.25, 0.3) is 5.91 Å². The topological polar surface area (TPSA) is 94.2 Å². The fourth-order valence-electron chi connectivity index (χ4n) is 4.65. The molecular weight excluding hydrogens is 497 g/mol. The Hall–Kier alpha value is -3.21. The fraction of sp³-hybridized carbons (Fsp3) is 0.308. The number of benzene rings is 1. The van der Waals surface area contributed by atoms with Gasteiger partial charge in [0.05, 0.1) is 11.2 Å². The van der Waals surface area contributed by atoms with Crippen molar-refractivity contribution in [1.82, 2.24) is 19.2 Å². The molecule has 1 saturated carbocycles. The molecule has 4 heterocycles. The van der Waals surface area contributed by atoms with Crippen LogP contribution in [0.1, 0.15) is 29.1 Å². The van der Waals surface area contributed by atoms with Gasteiger partial charge in [-0.05, 0) is 67.3 Å². The van der Waals surface area contributed by atoms with Crippen LogP contribution < -0.4 is 10.5 Å². The van der Waals surface area contributed by atoms with Crippen molar-refractivity contribution < 1.29 is 13.9 Å². The molecule has 10 heteroatoms. The van der Waals surface area contributed by atoms with Gasteiger partial charge in [0.15, 0.2) is 0 Å². The summed E-state index contributed by atoms with van der Waals surface area (Å²) in [7, 11) is 0. The molecule has 1 aromatic carbocycles. The standard InChI is InChI=1S/C26H24FN5O2S2/c1-26(2,28)15-7-19(14-3-5-16(27)6-4-14)30-23(8-15)34-24-17-10-32(11-18(17)24)25(33)22-9-20(31-36-22)21-12-35-13-29-21/h3-9,12-13,17-18,24H,10-11,28H2,1-2H3. The summed E-state index contributed by atoms with van der Waals surface area (Å²) < 4.78 is 24.1. The Morgan fingerprint density at radius 1 is 1.11 bits per heavy atom. The molecule has 2 N–H and O–H groups in total. The van der Waals surface area contributed by atoms with Crippen molar-refractivity contribution in [2.45, 2.75) is 25.5 Å². The lowest BCUT2D eigenvalue weighted by Crippen LogP contribution is -2.33. The van der Waals surface area contributed by atoms with Crippen molar-refractivity contribution in [2.75, 3.05) is 13.1 Å². The Labute approximate surface area is 215 Å². The van der Waals surface area contributed by atoms with Crippen LogP contribution in [0.25, 0.3) is 22.6 Å². The largest absolute Gasteiger partial charge is 0.474 e. The first-order chi connectivity index (χ1) is 17.3. The Kier molecular flexibility index (Phi) is 5.62. The number of pyridine rings is 1. The average Bonchev–Trinajstić information content (AvgIpc) is 3.41. The van der Waals surface area contributed by atoms with Gasteiger partial charge in [0.1, 0.15) is 28.2 Å². The summed E-state index contributed by atoms with van der Waals surface area (Å²) in [6, 6.07) is 11.8. The van der Waals surface area contributed by atoms with Crippen LogP contribution in [0.5, 0.6) is 5.88 Å². The molecule has 1 aliphatic carbocycles. The number of hydrogen-bond acceptors (Lipinski definition) is 8. The number of amides is 1. The number of likely N-dealkylation sites (tertiary alicyclic amines) is 1. The highest BCUT2D eigenvalue weighted by molar-refractivity contribution is 7.08. The highest BCUT2D eigenvalue weighted by Crippen LogP contribution is 2.48. The first-order valence-corrected chi connectivity index (χ1v) is 13.4. The van der Waals surface area contributed by atoms with Crippen LogP contribution >= 0.6 is 22.9 Å². The van der Waals surface area contributed by atoms with Gasteiger partial charge in [-0.15, -0.1) is 11.3 Å². The average molecular weight is 522 g/mol. The first kappa shape index (κ1) is 23.2. The minimum absolute atomic E-state index is 0.00327. The van der Waals surface area contributed by atoms with Crippen molar-refractivity contribution in [3.05, 3.63) is 69.6 Å². The van der Waals surface area contributed by atoms with Crippen molar-refractivity contribution in [2.24, 2.45) is 17.6 Å². The molecule has 36 heavy (non-hydrogen) atoms. The summed E-state index contributed by atoms with van der Waals surface area (Å²) in [5.41, 5.74) is 11.4. The third kappa shape index (κ3) is 4.40. The molecule has 3 aromatic heterocycles. The Morgan fingerprint density at radius 3 is 2.53 bits per heavy atom. The number of piperidine rings is 1. The molecule has 0 bridgehead atoms. The molecule has 2 unspecified atom stereocenters. The molecule has 4 aromatic rings. The predicted octanol–water partition coefficient (Wildman–Crippen LogP) is 4.81. The van der Waals surface area contributed by atoms with Crippen LogP contribution in [0.2, 0.25) is 0 Å². The molecule has 2 aliphatic rings. The second-order valence-corrected chi connectivity index (χ2v) is 11.4. The number of aromatic nitrogens is 3. The fourth-order valence-corrected chi connectivity index (χ4v) is 5.91. The van der Waals surface area contributed by atoms with E-state index in [1.54, 1.807) is 17.6 Å². The zero-order chi connectivity index (χ0) is 25.0. The number of hydrogen-bond donors (Lipinski definition) is 1. The summed E-state index contributed by atoms with van der Waals surface area (Å²) in [4.78, 5) is 24.5.